The largest absolute Gasteiger partial charge is 0.508 e. The smallest absolute Gasteiger partial charge is 0.203 e. The fourth-order valence-electron chi connectivity index (χ4n) is 1.69. The Balaban J connectivity index is 2.35. The maximum atomic E-state index is 12.2. The van der Waals surface area contributed by atoms with Gasteiger partial charge in [0.25, 0.3) is 0 Å². The molecule has 0 bridgehead atoms. The highest BCUT2D eigenvalue weighted by Crippen LogP contribution is 2.17. The molecule has 1 N–H and O–H groups in total. The lowest BCUT2D eigenvalue weighted by Crippen LogP contribution is -2.01. The minimum Gasteiger partial charge on any atom is -0.508 e. The monoisotopic (exact) mass is 283 g/mol. The molecule has 0 spiro atoms. The minimum atomic E-state index is -0.382. The number of aromatic hydroxyl groups is 1. The third-order valence-corrected chi connectivity index (χ3v) is 2.90. The van der Waals surface area contributed by atoms with Crippen LogP contribution in [0, 0.1) is 11.3 Å². The van der Waals surface area contributed by atoms with Gasteiger partial charge in [-0.25, -0.2) is 0 Å². The molecule has 0 aromatic heterocycles. The molecule has 98 valence electrons. The Morgan fingerprint density at radius 2 is 1.90 bits per heavy atom. The molecule has 0 heterocycles. The van der Waals surface area contributed by atoms with Crippen molar-refractivity contribution >= 4 is 23.5 Å². The summed E-state index contributed by atoms with van der Waals surface area (Å²) in [7, 11) is 0. The predicted molar refractivity (Wildman–Crippen MR) is 77.5 cm³/mol. The Hall–Kier alpha value is -2.57. The number of rotatable bonds is 3. The number of phenolic OH excluding ortho intramolecular Hbond substituents is 1. The van der Waals surface area contributed by atoms with Gasteiger partial charge in [0.05, 0.1) is 0 Å². The highest BCUT2D eigenvalue weighted by molar-refractivity contribution is 6.30. The molecule has 0 fully saturated rings. The highest BCUT2D eigenvalue weighted by atomic mass is 35.5. The second kappa shape index (κ2) is 6.05. The summed E-state index contributed by atoms with van der Waals surface area (Å²) in [5.74, 6) is -0.303. The number of phenols is 1. The van der Waals surface area contributed by atoms with Gasteiger partial charge in [-0.15, -0.1) is 0 Å². The quantitative estimate of drug-likeness (QED) is 0.529. The molecular weight excluding hydrogens is 274 g/mol. The number of nitrogens with zero attached hydrogens (tertiary/aromatic N) is 1. The first kappa shape index (κ1) is 13.9. The van der Waals surface area contributed by atoms with Gasteiger partial charge in [0.15, 0.2) is 0 Å². The number of carbonyl (C=O) groups excluding carboxylic acids is 1. The molecule has 0 radical (unpaired) electrons. The molecule has 0 aliphatic carbocycles. The molecule has 0 aliphatic heterocycles. The topological polar surface area (TPSA) is 61.1 Å². The second-order valence-corrected chi connectivity index (χ2v) is 4.54. The van der Waals surface area contributed by atoms with E-state index in [0.717, 1.165) is 0 Å². The van der Waals surface area contributed by atoms with E-state index in [-0.39, 0.29) is 17.1 Å². The zero-order valence-corrected chi connectivity index (χ0v) is 11.1. The van der Waals surface area contributed by atoms with Crippen molar-refractivity contribution in [1.82, 2.24) is 0 Å². The summed E-state index contributed by atoms with van der Waals surface area (Å²) in [6, 6.07) is 14.5. The average Bonchev–Trinajstić information content (AvgIpc) is 2.45. The molecule has 3 nitrogen and oxygen atoms in total. The summed E-state index contributed by atoms with van der Waals surface area (Å²) in [4.78, 5) is 12.2. The van der Waals surface area contributed by atoms with Crippen molar-refractivity contribution in [3.8, 4) is 11.8 Å². The fraction of sp³-hybridized carbons (Fsp3) is 0. The minimum absolute atomic E-state index is 0.00192. The summed E-state index contributed by atoms with van der Waals surface area (Å²) in [5, 5.41) is 19.0. The van der Waals surface area contributed by atoms with Crippen LogP contribution in [0.2, 0.25) is 5.02 Å². The van der Waals surface area contributed by atoms with Crippen molar-refractivity contribution in [2.75, 3.05) is 0 Å². The zero-order chi connectivity index (χ0) is 14.5. The van der Waals surface area contributed by atoms with E-state index in [1.807, 2.05) is 6.07 Å². The third-order valence-electron chi connectivity index (χ3n) is 2.65. The number of hydrogen-bond donors (Lipinski definition) is 1. The molecule has 0 saturated heterocycles. The molecular formula is C16H10ClNO2. The average molecular weight is 284 g/mol. The molecule has 0 saturated carbocycles. The lowest BCUT2D eigenvalue weighted by atomic mass is 10.0. The Morgan fingerprint density at radius 3 is 2.50 bits per heavy atom. The van der Waals surface area contributed by atoms with Crippen LogP contribution in [-0.4, -0.2) is 10.9 Å². The van der Waals surface area contributed by atoms with Gasteiger partial charge in [0, 0.05) is 10.6 Å². The third kappa shape index (κ3) is 3.25. The molecule has 2 rings (SSSR count). The van der Waals surface area contributed by atoms with Crippen molar-refractivity contribution < 1.29 is 9.90 Å². The lowest BCUT2D eigenvalue weighted by molar-refractivity contribution is 0.104. The van der Waals surface area contributed by atoms with Crippen LogP contribution < -0.4 is 0 Å². The van der Waals surface area contributed by atoms with E-state index in [4.69, 9.17) is 16.9 Å². The van der Waals surface area contributed by atoms with Crippen LogP contribution in [0.3, 0.4) is 0 Å². The van der Waals surface area contributed by atoms with E-state index in [1.54, 1.807) is 36.4 Å². The van der Waals surface area contributed by atoms with Gasteiger partial charge < -0.3 is 5.11 Å². The molecule has 0 aliphatic rings. The number of benzene rings is 2. The summed E-state index contributed by atoms with van der Waals surface area (Å²) in [6.07, 6.45) is 1.44. The molecule has 0 unspecified atom stereocenters. The van der Waals surface area contributed by atoms with E-state index in [2.05, 4.69) is 0 Å². The summed E-state index contributed by atoms with van der Waals surface area (Å²) in [6.45, 7) is 0. The van der Waals surface area contributed by atoms with E-state index in [1.165, 1.54) is 18.2 Å². The highest BCUT2D eigenvalue weighted by Gasteiger charge is 2.12. The van der Waals surface area contributed by atoms with E-state index in [9.17, 15) is 9.90 Å². The number of allylic oxidation sites excluding steroid dienone is 1. The maximum absolute atomic E-state index is 12.2. The number of ketones is 1. The first-order valence-electron chi connectivity index (χ1n) is 5.81. The number of carbonyl (C=O) groups is 1. The second-order valence-electron chi connectivity index (χ2n) is 4.10. The van der Waals surface area contributed by atoms with Crippen LogP contribution >= 0.6 is 11.6 Å². The first-order valence-corrected chi connectivity index (χ1v) is 6.19. The Bertz CT molecular complexity index is 712. The van der Waals surface area contributed by atoms with Gasteiger partial charge >= 0.3 is 0 Å². The van der Waals surface area contributed by atoms with Crippen LogP contribution in [0.25, 0.3) is 6.08 Å². The summed E-state index contributed by atoms with van der Waals surface area (Å²) in [5.41, 5.74) is 0.976. The van der Waals surface area contributed by atoms with Gasteiger partial charge in [0.1, 0.15) is 17.4 Å². The molecule has 20 heavy (non-hydrogen) atoms. The normalized spacial score (nSPS) is 10.9. The van der Waals surface area contributed by atoms with Crippen LogP contribution in [0.5, 0.6) is 5.75 Å². The van der Waals surface area contributed by atoms with Crippen molar-refractivity contribution in [1.29, 1.82) is 5.26 Å². The van der Waals surface area contributed by atoms with Gasteiger partial charge in [-0.1, -0.05) is 23.7 Å². The molecule has 0 amide bonds. The summed E-state index contributed by atoms with van der Waals surface area (Å²) < 4.78 is 0. The van der Waals surface area contributed by atoms with Crippen LogP contribution in [0.1, 0.15) is 15.9 Å². The van der Waals surface area contributed by atoms with Gasteiger partial charge in [0.2, 0.25) is 5.78 Å². The van der Waals surface area contributed by atoms with Crippen molar-refractivity contribution in [2.24, 2.45) is 0 Å². The molecule has 4 heteroatoms. The van der Waals surface area contributed by atoms with Crippen molar-refractivity contribution in [3.63, 3.8) is 0 Å². The van der Waals surface area contributed by atoms with E-state index >= 15 is 0 Å². The first-order chi connectivity index (χ1) is 9.60. The van der Waals surface area contributed by atoms with E-state index in [0.29, 0.717) is 16.1 Å². The van der Waals surface area contributed by atoms with Gasteiger partial charge in [-0.2, -0.15) is 5.26 Å². The van der Waals surface area contributed by atoms with Crippen LogP contribution in [0.4, 0.5) is 0 Å². The summed E-state index contributed by atoms with van der Waals surface area (Å²) >= 11 is 5.76. The van der Waals surface area contributed by atoms with Crippen LogP contribution in [-0.2, 0) is 0 Å². The SMILES string of the molecule is N#C/C(=C\c1cccc(O)c1)C(=O)c1ccc(Cl)cc1. The van der Waals surface area contributed by atoms with Crippen LogP contribution in [0.15, 0.2) is 54.1 Å². The van der Waals surface area contributed by atoms with Gasteiger partial charge in [-0.05, 0) is 48.0 Å². The Labute approximate surface area is 121 Å². The molecule has 2 aromatic carbocycles. The Morgan fingerprint density at radius 1 is 1.20 bits per heavy atom. The molecule has 2 aromatic rings. The van der Waals surface area contributed by atoms with Gasteiger partial charge in [-0.3, -0.25) is 4.79 Å². The standard InChI is InChI=1S/C16H10ClNO2/c17-14-6-4-12(5-7-14)16(20)13(10-18)8-11-2-1-3-15(19)9-11/h1-9,19H/b13-8+. The Kier molecular flexibility index (Phi) is 4.19. The maximum Gasteiger partial charge on any atom is 0.203 e. The zero-order valence-electron chi connectivity index (χ0n) is 10.4. The number of halogens is 1. The fourth-order valence-corrected chi connectivity index (χ4v) is 1.81. The number of nitriles is 1. The number of hydrogen-bond acceptors (Lipinski definition) is 3. The lowest BCUT2D eigenvalue weighted by Gasteiger charge is -2.00. The molecule has 0 atom stereocenters. The van der Waals surface area contributed by atoms with Crippen molar-refractivity contribution in [3.05, 3.63) is 70.3 Å². The van der Waals surface area contributed by atoms with E-state index < -0.39 is 0 Å². The number of Topliss-reactive ketones (excluding diaryl/α,β-unsaturated/α-hetero) is 1. The predicted octanol–water partition coefficient (Wildman–Crippen LogP) is 3.84. The van der Waals surface area contributed by atoms with Crippen molar-refractivity contribution in [2.45, 2.75) is 0 Å².